The first-order valence-electron chi connectivity index (χ1n) is 5.70. The molecule has 16 heavy (non-hydrogen) atoms. The molecule has 4 nitrogen and oxygen atoms in total. The first kappa shape index (κ1) is 12.7. The van der Waals surface area contributed by atoms with Crippen molar-refractivity contribution in [2.45, 2.75) is 39.2 Å². The van der Waals surface area contributed by atoms with Crippen molar-refractivity contribution in [3.8, 4) is 0 Å². The molecule has 0 heterocycles. The van der Waals surface area contributed by atoms with E-state index in [2.05, 4.69) is 11.4 Å². The average Bonchev–Trinajstić information content (AvgIpc) is 2.25. The van der Waals surface area contributed by atoms with Gasteiger partial charge in [-0.15, -0.1) is 0 Å². The van der Waals surface area contributed by atoms with E-state index in [9.17, 15) is 9.59 Å². The van der Waals surface area contributed by atoms with Gasteiger partial charge in [0.05, 0.1) is 0 Å². The van der Waals surface area contributed by atoms with Gasteiger partial charge in [-0.25, -0.2) is 4.79 Å². The molecule has 0 bridgehead atoms. The van der Waals surface area contributed by atoms with Gasteiger partial charge in [-0.05, 0) is 25.2 Å². The van der Waals surface area contributed by atoms with E-state index in [1.807, 2.05) is 6.08 Å². The molecule has 1 unspecified atom stereocenters. The molecule has 0 aromatic carbocycles. The molecule has 1 aliphatic rings. The summed E-state index contributed by atoms with van der Waals surface area (Å²) in [7, 11) is 0. The van der Waals surface area contributed by atoms with Crippen LogP contribution in [0.5, 0.6) is 0 Å². The molecule has 4 heteroatoms. The van der Waals surface area contributed by atoms with Crippen molar-refractivity contribution in [3.05, 3.63) is 12.2 Å². The summed E-state index contributed by atoms with van der Waals surface area (Å²) in [6.45, 7) is 3.58. The highest BCUT2D eigenvalue weighted by atomic mass is 16.4. The zero-order valence-corrected chi connectivity index (χ0v) is 9.77. The Balaban J connectivity index is 2.54. The Kier molecular flexibility index (Phi) is 4.52. The zero-order chi connectivity index (χ0) is 12.1. The minimum Gasteiger partial charge on any atom is -0.480 e. The van der Waals surface area contributed by atoms with Gasteiger partial charge < -0.3 is 10.4 Å². The number of carboxylic acid groups (broad SMARTS) is 1. The molecule has 0 aliphatic heterocycles. The molecule has 0 aromatic heterocycles. The summed E-state index contributed by atoms with van der Waals surface area (Å²) < 4.78 is 0. The summed E-state index contributed by atoms with van der Waals surface area (Å²) >= 11 is 0. The van der Waals surface area contributed by atoms with Gasteiger partial charge in [0.15, 0.2) is 0 Å². The van der Waals surface area contributed by atoms with Gasteiger partial charge in [-0.2, -0.15) is 0 Å². The summed E-state index contributed by atoms with van der Waals surface area (Å²) in [4.78, 5) is 22.7. The third-order valence-corrected chi connectivity index (χ3v) is 2.87. The summed E-state index contributed by atoms with van der Waals surface area (Å²) in [5.74, 6) is -1.26. The molecule has 0 aromatic rings. The van der Waals surface area contributed by atoms with Crippen molar-refractivity contribution >= 4 is 11.9 Å². The van der Waals surface area contributed by atoms with Crippen LogP contribution < -0.4 is 5.32 Å². The summed E-state index contributed by atoms with van der Waals surface area (Å²) in [5.41, 5.74) is 0. The van der Waals surface area contributed by atoms with E-state index in [-0.39, 0.29) is 17.7 Å². The van der Waals surface area contributed by atoms with E-state index in [1.165, 1.54) is 0 Å². The van der Waals surface area contributed by atoms with Gasteiger partial charge in [0.1, 0.15) is 6.04 Å². The van der Waals surface area contributed by atoms with Crippen LogP contribution in [0.4, 0.5) is 0 Å². The fraction of sp³-hybridized carbons (Fsp3) is 0.667. The fourth-order valence-corrected chi connectivity index (χ4v) is 1.82. The number of carbonyl (C=O) groups is 2. The van der Waals surface area contributed by atoms with Gasteiger partial charge in [-0.1, -0.05) is 26.0 Å². The van der Waals surface area contributed by atoms with Crippen molar-refractivity contribution in [1.82, 2.24) is 5.32 Å². The van der Waals surface area contributed by atoms with Crippen molar-refractivity contribution < 1.29 is 14.7 Å². The average molecular weight is 225 g/mol. The SMILES string of the molecule is CC(C)[C@H](NC(=O)C1CC=CCC1)C(=O)O. The van der Waals surface area contributed by atoms with E-state index in [0.717, 1.165) is 19.3 Å². The summed E-state index contributed by atoms with van der Waals surface area (Å²) in [6, 6.07) is -0.779. The van der Waals surface area contributed by atoms with Crippen molar-refractivity contribution in [2.24, 2.45) is 11.8 Å². The van der Waals surface area contributed by atoms with Crippen LogP contribution in [0.15, 0.2) is 12.2 Å². The first-order chi connectivity index (χ1) is 7.52. The van der Waals surface area contributed by atoms with Gasteiger partial charge >= 0.3 is 5.97 Å². The zero-order valence-electron chi connectivity index (χ0n) is 9.77. The lowest BCUT2D eigenvalue weighted by atomic mass is 9.93. The van der Waals surface area contributed by atoms with Crippen LogP contribution in [-0.2, 0) is 9.59 Å². The smallest absolute Gasteiger partial charge is 0.326 e. The van der Waals surface area contributed by atoms with Crippen LogP contribution in [0, 0.1) is 11.8 Å². The lowest BCUT2D eigenvalue weighted by Crippen LogP contribution is -2.46. The maximum Gasteiger partial charge on any atom is 0.326 e. The second kappa shape index (κ2) is 5.68. The minimum absolute atomic E-state index is 0.0643. The molecule has 0 spiro atoms. The Morgan fingerprint density at radius 2 is 2.06 bits per heavy atom. The number of carbonyl (C=O) groups excluding carboxylic acids is 1. The predicted molar refractivity (Wildman–Crippen MR) is 60.9 cm³/mol. The third-order valence-electron chi connectivity index (χ3n) is 2.87. The standard InChI is InChI=1S/C12H19NO3/c1-8(2)10(12(15)16)13-11(14)9-6-4-3-5-7-9/h3-4,8-10H,5-7H2,1-2H3,(H,13,14)(H,15,16)/t9?,10-/m0/s1. The first-order valence-corrected chi connectivity index (χ1v) is 5.70. The van der Waals surface area contributed by atoms with E-state index < -0.39 is 12.0 Å². The van der Waals surface area contributed by atoms with Crippen LogP contribution in [-0.4, -0.2) is 23.0 Å². The number of aliphatic carboxylic acids is 1. The predicted octanol–water partition coefficient (Wildman–Crippen LogP) is 1.57. The maximum absolute atomic E-state index is 11.8. The fourth-order valence-electron chi connectivity index (χ4n) is 1.82. The van der Waals surface area contributed by atoms with Crippen molar-refractivity contribution in [2.75, 3.05) is 0 Å². The number of nitrogens with one attached hydrogen (secondary N) is 1. The maximum atomic E-state index is 11.8. The Bertz CT molecular complexity index is 297. The van der Waals surface area contributed by atoms with Crippen LogP contribution >= 0.6 is 0 Å². The molecule has 90 valence electrons. The van der Waals surface area contributed by atoms with Gasteiger partial charge in [0.2, 0.25) is 5.91 Å². The Morgan fingerprint density at radius 3 is 2.50 bits per heavy atom. The summed E-state index contributed by atoms with van der Waals surface area (Å²) in [6.07, 6.45) is 6.47. The van der Waals surface area contributed by atoms with Crippen molar-refractivity contribution in [1.29, 1.82) is 0 Å². The Hall–Kier alpha value is -1.32. The highest BCUT2D eigenvalue weighted by Crippen LogP contribution is 2.18. The van der Waals surface area contributed by atoms with Crippen LogP contribution in [0.1, 0.15) is 33.1 Å². The molecule has 1 rings (SSSR count). The summed E-state index contributed by atoms with van der Waals surface area (Å²) in [5, 5.41) is 11.6. The Labute approximate surface area is 95.7 Å². The highest BCUT2D eigenvalue weighted by molar-refractivity contribution is 5.85. The van der Waals surface area contributed by atoms with E-state index in [1.54, 1.807) is 13.8 Å². The number of hydrogen-bond acceptors (Lipinski definition) is 2. The number of allylic oxidation sites excluding steroid dienone is 2. The number of amides is 1. The quantitative estimate of drug-likeness (QED) is 0.714. The lowest BCUT2D eigenvalue weighted by molar-refractivity contribution is -0.143. The monoisotopic (exact) mass is 225 g/mol. The van der Waals surface area contributed by atoms with Gasteiger partial charge in [0, 0.05) is 5.92 Å². The minimum atomic E-state index is -0.963. The topological polar surface area (TPSA) is 66.4 Å². The van der Waals surface area contributed by atoms with E-state index >= 15 is 0 Å². The third kappa shape index (κ3) is 3.36. The normalized spacial score (nSPS) is 21.8. The molecule has 1 amide bonds. The molecule has 1 aliphatic carbocycles. The second-order valence-corrected chi connectivity index (χ2v) is 4.55. The molecule has 0 saturated heterocycles. The molecule has 0 radical (unpaired) electrons. The lowest BCUT2D eigenvalue weighted by Gasteiger charge is -2.22. The largest absolute Gasteiger partial charge is 0.480 e. The van der Waals surface area contributed by atoms with E-state index in [4.69, 9.17) is 5.11 Å². The Morgan fingerprint density at radius 1 is 1.38 bits per heavy atom. The number of hydrogen-bond donors (Lipinski definition) is 2. The van der Waals surface area contributed by atoms with Gasteiger partial charge in [-0.3, -0.25) is 4.79 Å². The molecule has 2 atom stereocenters. The number of carboxylic acids is 1. The molecule has 0 fully saturated rings. The van der Waals surface area contributed by atoms with Crippen molar-refractivity contribution in [3.63, 3.8) is 0 Å². The van der Waals surface area contributed by atoms with Crippen LogP contribution in [0.25, 0.3) is 0 Å². The number of rotatable bonds is 4. The molecular formula is C12H19NO3. The van der Waals surface area contributed by atoms with Crippen LogP contribution in [0.3, 0.4) is 0 Å². The molecule has 2 N–H and O–H groups in total. The molecule has 0 saturated carbocycles. The second-order valence-electron chi connectivity index (χ2n) is 4.55. The molecular weight excluding hydrogens is 206 g/mol. The van der Waals surface area contributed by atoms with Gasteiger partial charge in [0.25, 0.3) is 0 Å². The highest BCUT2D eigenvalue weighted by Gasteiger charge is 2.27. The van der Waals surface area contributed by atoms with Crippen LogP contribution in [0.2, 0.25) is 0 Å². The van der Waals surface area contributed by atoms with E-state index in [0.29, 0.717) is 0 Å².